The first-order chi connectivity index (χ1) is 8.48. The molecule has 0 bridgehead atoms. The van der Waals surface area contributed by atoms with E-state index in [0.29, 0.717) is 23.5 Å². The zero-order valence-electron chi connectivity index (χ0n) is 9.71. The molecule has 2 aliphatic heterocycles. The number of nitrogens with zero attached hydrogens (tertiary/aromatic N) is 1. The zero-order valence-corrected chi connectivity index (χ0v) is 10.5. The third-order valence-electron chi connectivity index (χ3n) is 3.07. The van der Waals surface area contributed by atoms with Gasteiger partial charge >= 0.3 is 0 Å². The van der Waals surface area contributed by atoms with Crippen LogP contribution in [0.1, 0.15) is 21.5 Å². The number of sulfonamides is 1. The molecule has 0 aromatic heterocycles. The molecular weight excluding hydrogens is 254 g/mol. The highest BCUT2D eigenvalue weighted by Crippen LogP contribution is 2.35. The number of carbonyl (C=O) groups excluding carboxylic acids is 1. The van der Waals surface area contributed by atoms with Gasteiger partial charge in [-0.15, -0.1) is 0 Å². The molecule has 0 saturated carbocycles. The summed E-state index contributed by atoms with van der Waals surface area (Å²) in [5.74, 6) is 0.152. The molecule has 0 fully saturated rings. The average molecular weight is 265 g/mol. The summed E-state index contributed by atoms with van der Waals surface area (Å²) in [5, 5.41) is 0. The molecule has 0 unspecified atom stereocenters. The van der Waals surface area contributed by atoms with E-state index in [-0.39, 0.29) is 6.54 Å². The normalized spacial score (nSPS) is 17.4. The minimum Gasteiger partial charge on any atom is -0.489 e. The first-order valence-corrected chi connectivity index (χ1v) is 7.30. The molecule has 0 radical (unpaired) electrons. The smallest absolute Gasteiger partial charge is 0.268 e. The molecule has 5 nitrogen and oxygen atoms in total. The van der Waals surface area contributed by atoms with Gasteiger partial charge < -0.3 is 4.74 Å². The summed E-state index contributed by atoms with van der Waals surface area (Å²) in [5.41, 5.74) is 1.84. The highest BCUT2D eigenvalue weighted by molar-refractivity contribution is 7.88. The van der Waals surface area contributed by atoms with E-state index < -0.39 is 15.9 Å². The first kappa shape index (κ1) is 11.3. The van der Waals surface area contributed by atoms with E-state index in [1.54, 1.807) is 24.3 Å². The molecule has 1 aromatic carbocycles. The monoisotopic (exact) mass is 265 g/mol. The molecule has 18 heavy (non-hydrogen) atoms. The Morgan fingerprint density at radius 2 is 2.11 bits per heavy atom. The maximum atomic E-state index is 12.2. The molecule has 0 N–H and O–H groups in total. The van der Waals surface area contributed by atoms with Crippen LogP contribution in [0.4, 0.5) is 0 Å². The van der Waals surface area contributed by atoms with Crippen LogP contribution in [-0.2, 0) is 16.6 Å². The van der Waals surface area contributed by atoms with E-state index in [1.165, 1.54) is 0 Å². The lowest BCUT2D eigenvalue weighted by atomic mass is 10.0. The van der Waals surface area contributed by atoms with Crippen LogP contribution in [0.15, 0.2) is 18.2 Å². The van der Waals surface area contributed by atoms with Crippen LogP contribution in [0.25, 0.3) is 6.08 Å². The van der Waals surface area contributed by atoms with Crippen molar-refractivity contribution in [1.82, 2.24) is 4.31 Å². The SMILES string of the molecule is CS(=O)(=O)N1Cc2ccc3c(c2C1=O)C=CCO3. The van der Waals surface area contributed by atoms with Crippen LogP contribution >= 0.6 is 0 Å². The summed E-state index contributed by atoms with van der Waals surface area (Å²) >= 11 is 0. The second kappa shape index (κ2) is 3.58. The predicted molar refractivity (Wildman–Crippen MR) is 65.7 cm³/mol. The number of hydrogen-bond acceptors (Lipinski definition) is 4. The lowest BCUT2D eigenvalue weighted by Gasteiger charge is -2.15. The van der Waals surface area contributed by atoms with Crippen molar-refractivity contribution in [3.8, 4) is 5.75 Å². The Balaban J connectivity index is 2.18. The molecule has 1 aromatic rings. The van der Waals surface area contributed by atoms with Crippen molar-refractivity contribution in [1.29, 1.82) is 0 Å². The Morgan fingerprint density at radius 3 is 2.83 bits per heavy atom. The van der Waals surface area contributed by atoms with Gasteiger partial charge in [-0.05, 0) is 17.7 Å². The van der Waals surface area contributed by atoms with E-state index >= 15 is 0 Å². The first-order valence-electron chi connectivity index (χ1n) is 5.46. The third-order valence-corrected chi connectivity index (χ3v) is 4.16. The van der Waals surface area contributed by atoms with Crippen molar-refractivity contribution >= 4 is 22.0 Å². The summed E-state index contributed by atoms with van der Waals surface area (Å²) in [6, 6.07) is 3.52. The predicted octanol–water partition coefficient (Wildman–Crippen LogP) is 1.01. The molecule has 94 valence electrons. The summed E-state index contributed by atoms with van der Waals surface area (Å²) in [7, 11) is -3.53. The van der Waals surface area contributed by atoms with Crippen molar-refractivity contribution in [3.63, 3.8) is 0 Å². The van der Waals surface area contributed by atoms with Gasteiger partial charge in [0.2, 0.25) is 10.0 Å². The number of carbonyl (C=O) groups is 1. The lowest BCUT2D eigenvalue weighted by Crippen LogP contribution is -2.30. The van der Waals surface area contributed by atoms with Gasteiger partial charge in [-0.2, -0.15) is 0 Å². The third kappa shape index (κ3) is 1.53. The number of hydrogen-bond donors (Lipinski definition) is 0. The number of fused-ring (bicyclic) bond motifs is 3. The molecule has 0 aliphatic carbocycles. The van der Waals surface area contributed by atoms with Gasteiger partial charge in [0.15, 0.2) is 0 Å². The Hall–Kier alpha value is -1.82. The Morgan fingerprint density at radius 1 is 1.33 bits per heavy atom. The van der Waals surface area contributed by atoms with Crippen LogP contribution in [0.5, 0.6) is 5.75 Å². The minimum absolute atomic E-state index is 0.105. The van der Waals surface area contributed by atoms with Gasteiger partial charge in [-0.1, -0.05) is 12.1 Å². The van der Waals surface area contributed by atoms with Gasteiger partial charge in [0, 0.05) is 5.56 Å². The van der Waals surface area contributed by atoms with Crippen LogP contribution < -0.4 is 4.74 Å². The molecule has 2 aliphatic rings. The second-order valence-electron chi connectivity index (χ2n) is 4.30. The van der Waals surface area contributed by atoms with Crippen LogP contribution in [-0.4, -0.2) is 31.5 Å². The minimum atomic E-state index is -3.53. The van der Waals surface area contributed by atoms with Crippen molar-refractivity contribution in [3.05, 3.63) is 34.9 Å². The topological polar surface area (TPSA) is 63.7 Å². The fraction of sp³-hybridized carbons (Fsp3) is 0.250. The maximum Gasteiger partial charge on any atom is 0.268 e. The van der Waals surface area contributed by atoms with Crippen molar-refractivity contribution < 1.29 is 17.9 Å². The van der Waals surface area contributed by atoms with Crippen molar-refractivity contribution in [2.75, 3.05) is 12.9 Å². The van der Waals surface area contributed by atoms with E-state index in [4.69, 9.17) is 4.74 Å². The average Bonchev–Trinajstić information content (AvgIpc) is 2.67. The van der Waals surface area contributed by atoms with Gasteiger partial charge in [0.05, 0.1) is 18.4 Å². The van der Waals surface area contributed by atoms with Gasteiger partial charge in [-0.3, -0.25) is 4.79 Å². The van der Waals surface area contributed by atoms with E-state index in [2.05, 4.69) is 0 Å². The molecule has 1 amide bonds. The lowest BCUT2D eigenvalue weighted by molar-refractivity contribution is 0.0879. The molecule has 6 heteroatoms. The summed E-state index contributed by atoms with van der Waals surface area (Å²) in [4.78, 5) is 12.2. The Bertz CT molecular complexity index is 676. The number of amides is 1. The maximum absolute atomic E-state index is 12.2. The zero-order chi connectivity index (χ0) is 12.9. The number of benzene rings is 1. The van der Waals surface area contributed by atoms with E-state index in [0.717, 1.165) is 16.1 Å². The van der Waals surface area contributed by atoms with Crippen LogP contribution in [0.2, 0.25) is 0 Å². The number of rotatable bonds is 1. The molecule has 0 spiro atoms. The van der Waals surface area contributed by atoms with Crippen LogP contribution in [0, 0.1) is 0 Å². The molecule has 3 rings (SSSR count). The summed E-state index contributed by atoms with van der Waals surface area (Å²) in [6.45, 7) is 0.573. The summed E-state index contributed by atoms with van der Waals surface area (Å²) < 4.78 is 29.4. The molecule has 2 heterocycles. The Labute approximate surface area is 105 Å². The fourth-order valence-corrected chi connectivity index (χ4v) is 3.01. The molecular formula is C12H11NO4S. The quantitative estimate of drug-likeness (QED) is 0.760. The highest BCUT2D eigenvalue weighted by Gasteiger charge is 2.36. The largest absolute Gasteiger partial charge is 0.489 e. The van der Waals surface area contributed by atoms with Crippen molar-refractivity contribution in [2.45, 2.75) is 6.54 Å². The van der Waals surface area contributed by atoms with Crippen LogP contribution in [0.3, 0.4) is 0 Å². The highest BCUT2D eigenvalue weighted by atomic mass is 32.2. The number of ether oxygens (including phenoxy) is 1. The van der Waals surface area contributed by atoms with Gasteiger partial charge in [-0.25, -0.2) is 12.7 Å². The second-order valence-corrected chi connectivity index (χ2v) is 6.21. The van der Waals surface area contributed by atoms with Gasteiger partial charge in [0.25, 0.3) is 5.91 Å². The summed E-state index contributed by atoms with van der Waals surface area (Å²) in [6.07, 6.45) is 4.65. The molecule has 0 saturated heterocycles. The van der Waals surface area contributed by atoms with E-state index in [1.807, 2.05) is 0 Å². The van der Waals surface area contributed by atoms with Gasteiger partial charge in [0.1, 0.15) is 12.4 Å². The fourth-order valence-electron chi connectivity index (χ4n) is 2.24. The van der Waals surface area contributed by atoms with E-state index in [9.17, 15) is 13.2 Å². The Kier molecular flexibility index (Phi) is 2.25. The molecule has 0 atom stereocenters. The standard InChI is InChI=1S/C12H11NO4S/c1-18(15,16)13-7-8-4-5-10-9(3-2-6-17-10)11(8)12(13)14/h2-5H,6-7H2,1H3. The van der Waals surface area contributed by atoms with Crippen molar-refractivity contribution in [2.24, 2.45) is 0 Å².